The summed E-state index contributed by atoms with van der Waals surface area (Å²) < 4.78 is 7.70. The van der Waals surface area contributed by atoms with E-state index in [1.54, 1.807) is 6.07 Å². The second-order valence-electron chi connectivity index (χ2n) is 6.37. The molecule has 0 unspecified atom stereocenters. The van der Waals surface area contributed by atoms with Gasteiger partial charge in [-0.1, -0.05) is 37.5 Å². The minimum atomic E-state index is 0.339. The van der Waals surface area contributed by atoms with Crippen LogP contribution in [0.3, 0.4) is 0 Å². The van der Waals surface area contributed by atoms with E-state index in [2.05, 4.69) is 16.8 Å². The van der Waals surface area contributed by atoms with E-state index in [1.807, 2.05) is 18.2 Å². The molecule has 2 heterocycles. The minimum Gasteiger partial charge on any atom is -0.452 e. The molecule has 1 aliphatic rings. The average molecular weight is 308 g/mol. The van der Waals surface area contributed by atoms with E-state index in [1.165, 1.54) is 32.1 Å². The third kappa shape index (κ3) is 2.69. The summed E-state index contributed by atoms with van der Waals surface area (Å²) in [5.41, 5.74) is 1.96. The van der Waals surface area contributed by atoms with Crippen LogP contribution in [0.4, 0.5) is 0 Å². The zero-order valence-corrected chi connectivity index (χ0v) is 13.1. The smallest absolute Gasteiger partial charge is 0.185 e. The van der Waals surface area contributed by atoms with E-state index < -0.39 is 0 Å². The van der Waals surface area contributed by atoms with Crippen LogP contribution in [-0.4, -0.2) is 16.1 Å². The summed E-state index contributed by atoms with van der Waals surface area (Å²) in [6.45, 7) is 0.960. The van der Waals surface area contributed by atoms with Crippen molar-refractivity contribution in [2.45, 2.75) is 38.6 Å². The van der Waals surface area contributed by atoms with Crippen molar-refractivity contribution in [3.8, 4) is 11.5 Å². The maximum absolute atomic E-state index is 10.9. The molecule has 0 amide bonds. The van der Waals surface area contributed by atoms with E-state index >= 15 is 0 Å². The lowest BCUT2D eigenvalue weighted by atomic mass is 9.89. The topological polar surface area (TPSA) is 48.0 Å². The first-order valence-corrected chi connectivity index (χ1v) is 8.36. The largest absolute Gasteiger partial charge is 0.452 e. The van der Waals surface area contributed by atoms with Gasteiger partial charge in [0.25, 0.3) is 0 Å². The van der Waals surface area contributed by atoms with Crippen molar-refractivity contribution in [3.05, 3.63) is 42.2 Å². The highest BCUT2D eigenvalue weighted by Gasteiger charge is 2.19. The molecule has 3 aromatic rings. The number of rotatable bonds is 4. The van der Waals surface area contributed by atoms with Gasteiger partial charge < -0.3 is 4.42 Å². The molecule has 1 saturated carbocycles. The van der Waals surface area contributed by atoms with Crippen molar-refractivity contribution in [1.82, 2.24) is 9.78 Å². The SMILES string of the molecule is O=Cc1ccc(-c2nn(CC3CCCCC3)c3ccccc23)o1. The van der Waals surface area contributed by atoms with Crippen LogP contribution in [0.15, 0.2) is 40.8 Å². The van der Waals surface area contributed by atoms with Gasteiger partial charge in [0.1, 0.15) is 5.69 Å². The molecule has 4 nitrogen and oxygen atoms in total. The number of nitrogens with zero attached hydrogens (tertiary/aromatic N) is 2. The zero-order chi connectivity index (χ0) is 15.6. The van der Waals surface area contributed by atoms with E-state index in [-0.39, 0.29) is 0 Å². The lowest BCUT2D eigenvalue weighted by Crippen LogP contribution is -2.15. The number of hydrogen-bond donors (Lipinski definition) is 0. The molecule has 118 valence electrons. The number of aromatic nitrogens is 2. The Balaban J connectivity index is 1.74. The molecular formula is C19H20N2O2. The molecule has 0 spiro atoms. The number of furan rings is 1. The van der Waals surface area contributed by atoms with E-state index in [0.29, 0.717) is 17.4 Å². The summed E-state index contributed by atoms with van der Waals surface area (Å²) in [5.74, 6) is 1.71. The Hall–Kier alpha value is -2.36. The first-order valence-electron chi connectivity index (χ1n) is 8.36. The van der Waals surface area contributed by atoms with Crippen LogP contribution in [0, 0.1) is 5.92 Å². The fourth-order valence-electron chi connectivity index (χ4n) is 3.61. The van der Waals surface area contributed by atoms with Crippen LogP contribution >= 0.6 is 0 Å². The fraction of sp³-hybridized carbons (Fsp3) is 0.368. The van der Waals surface area contributed by atoms with Crippen molar-refractivity contribution in [3.63, 3.8) is 0 Å². The number of aldehydes is 1. The summed E-state index contributed by atoms with van der Waals surface area (Å²) >= 11 is 0. The Morgan fingerprint density at radius 1 is 1.13 bits per heavy atom. The second kappa shape index (κ2) is 6.03. The Labute approximate surface area is 135 Å². The molecule has 0 N–H and O–H groups in total. The Morgan fingerprint density at radius 3 is 2.74 bits per heavy atom. The summed E-state index contributed by atoms with van der Waals surface area (Å²) in [6, 6.07) is 11.8. The standard InChI is InChI=1S/C19H20N2O2/c22-13-15-10-11-18(23-15)19-16-8-4-5-9-17(16)21(20-19)12-14-6-2-1-3-7-14/h4-5,8-11,13-14H,1-3,6-7,12H2. The molecule has 23 heavy (non-hydrogen) atoms. The molecule has 1 aromatic carbocycles. The van der Waals surface area contributed by atoms with Gasteiger partial charge in [-0.2, -0.15) is 5.10 Å². The van der Waals surface area contributed by atoms with Gasteiger partial charge in [0.05, 0.1) is 5.52 Å². The number of para-hydroxylation sites is 1. The molecule has 4 heteroatoms. The van der Waals surface area contributed by atoms with Crippen LogP contribution in [0.5, 0.6) is 0 Å². The fourth-order valence-corrected chi connectivity index (χ4v) is 3.61. The number of benzene rings is 1. The van der Waals surface area contributed by atoms with Crippen LogP contribution in [0.2, 0.25) is 0 Å². The summed E-state index contributed by atoms with van der Waals surface area (Å²) in [5, 5.41) is 5.89. The van der Waals surface area contributed by atoms with Gasteiger partial charge in [-0.25, -0.2) is 0 Å². The van der Waals surface area contributed by atoms with Gasteiger partial charge in [0.2, 0.25) is 0 Å². The van der Waals surface area contributed by atoms with Crippen LogP contribution in [0.25, 0.3) is 22.4 Å². The molecule has 4 rings (SSSR count). The van der Waals surface area contributed by atoms with E-state index in [9.17, 15) is 4.79 Å². The van der Waals surface area contributed by atoms with Gasteiger partial charge in [-0.15, -0.1) is 0 Å². The third-order valence-corrected chi connectivity index (χ3v) is 4.79. The first kappa shape index (κ1) is 14.2. The van der Waals surface area contributed by atoms with Crippen LogP contribution < -0.4 is 0 Å². The highest BCUT2D eigenvalue weighted by Crippen LogP contribution is 2.31. The quantitative estimate of drug-likeness (QED) is 0.657. The predicted octanol–water partition coefficient (Wildman–Crippen LogP) is 4.69. The Bertz CT molecular complexity index is 825. The van der Waals surface area contributed by atoms with Gasteiger partial charge >= 0.3 is 0 Å². The van der Waals surface area contributed by atoms with Crippen molar-refractivity contribution in [2.24, 2.45) is 5.92 Å². The van der Waals surface area contributed by atoms with Gasteiger partial charge in [-0.05, 0) is 37.0 Å². The summed E-state index contributed by atoms with van der Waals surface area (Å²) in [4.78, 5) is 10.9. The molecule has 0 aliphatic heterocycles. The summed E-state index contributed by atoms with van der Waals surface area (Å²) in [6.07, 6.45) is 7.33. The Morgan fingerprint density at radius 2 is 1.96 bits per heavy atom. The van der Waals surface area contributed by atoms with Gasteiger partial charge in [0, 0.05) is 11.9 Å². The zero-order valence-electron chi connectivity index (χ0n) is 13.1. The number of hydrogen-bond acceptors (Lipinski definition) is 3. The molecule has 0 radical (unpaired) electrons. The second-order valence-corrected chi connectivity index (χ2v) is 6.37. The van der Waals surface area contributed by atoms with Crippen LogP contribution in [-0.2, 0) is 6.54 Å². The van der Waals surface area contributed by atoms with Crippen molar-refractivity contribution >= 4 is 17.2 Å². The molecule has 1 aliphatic carbocycles. The molecular weight excluding hydrogens is 288 g/mol. The van der Waals surface area contributed by atoms with Gasteiger partial charge in [-0.3, -0.25) is 9.48 Å². The highest BCUT2D eigenvalue weighted by molar-refractivity contribution is 5.92. The molecule has 0 bridgehead atoms. The van der Waals surface area contributed by atoms with Gasteiger partial charge in [0.15, 0.2) is 17.8 Å². The molecule has 2 aromatic heterocycles. The normalized spacial score (nSPS) is 16.0. The molecule has 0 saturated heterocycles. The van der Waals surface area contributed by atoms with E-state index in [4.69, 9.17) is 9.52 Å². The Kier molecular flexibility index (Phi) is 3.74. The summed E-state index contributed by atoms with van der Waals surface area (Å²) in [7, 11) is 0. The monoisotopic (exact) mass is 308 g/mol. The molecule has 0 atom stereocenters. The van der Waals surface area contributed by atoms with Crippen molar-refractivity contribution in [1.29, 1.82) is 0 Å². The lowest BCUT2D eigenvalue weighted by Gasteiger charge is -2.21. The number of fused-ring (bicyclic) bond motifs is 1. The lowest BCUT2D eigenvalue weighted by molar-refractivity contribution is 0.110. The maximum Gasteiger partial charge on any atom is 0.185 e. The first-order chi connectivity index (χ1) is 11.3. The number of carbonyl (C=O) groups is 1. The predicted molar refractivity (Wildman–Crippen MR) is 89.4 cm³/mol. The minimum absolute atomic E-state index is 0.339. The maximum atomic E-state index is 10.9. The van der Waals surface area contributed by atoms with Crippen molar-refractivity contribution in [2.75, 3.05) is 0 Å². The average Bonchev–Trinajstić information content (AvgIpc) is 3.21. The van der Waals surface area contributed by atoms with Crippen LogP contribution in [0.1, 0.15) is 42.7 Å². The number of carbonyl (C=O) groups excluding carboxylic acids is 1. The van der Waals surface area contributed by atoms with Crippen molar-refractivity contribution < 1.29 is 9.21 Å². The molecule has 1 fully saturated rings. The van der Waals surface area contributed by atoms with E-state index in [0.717, 1.165) is 29.4 Å². The third-order valence-electron chi connectivity index (χ3n) is 4.79. The highest BCUT2D eigenvalue weighted by atomic mass is 16.3.